The van der Waals surface area contributed by atoms with Gasteiger partial charge in [-0.05, 0) is 17.2 Å². The molecule has 0 atom stereocenters. The molecule has 0 saturated heterocycles. The fourth-order valence-corrected chi connectivity index (χ4v) is 1.46. The van der Waals surface area contributed by atoms with Crippen LogP contribution in [0.1, 0.15) is 12.6 Å². The van der Waals surface area contributed by atoms with Gasteiger partial charge >= 0.3 is 0 Å². The van der Waals surface area contributed by atoms with Gasteiger partial charge < -0.3 is 5.73 Å². The topological polar surface area (TPSA) is 95.6 Å². The SMILES string of the molecule is C=C/C=C(\C=C/C)c1cnnn1-c1nonc1N. The highest BCUT2D eigenvalue weighted by atomic mass is 16.6. The summed E-state index contributed by atoms with van der Waals surface area (Å²) < 4.78 is 6.01. The zero-order valence-corrected chi connectivity index (χ0v) is 9.82. The van der Waals surface area contributed by atoms with Crippen molar-refractivity contribution in [1.82, 2.24) is 25.3 Å². The van der Waals surface area contributed by atoms with Crippen LogP contribution in [0.2, 0.25) is 0 Å². The number of anilines is 1. The van der Waals surface area contributed by atoms with Crippen molar-refractivity contribution >= 4 is 11.4 Å². The Morgan fingerprint density at radius 2 is 2.33 bits per heavy atom. The van der Waals surface area contributed by atoms with Gasteiger partial charge in [0.25, 0.3) is 0 Å². The Bertz CT molecular complexity index is 607. The fraction of sp³-hybridized carbons (Fsp3) is 0.0909. The number of rotatable bonds is 4. The standard InChI is InChI=1S/C11H12N6O/c1-3-5-8(6-4-2)9-7-13-16-17(9)11-10(12)14-18-15-11/h3-7H,1H2,2H3,(H2,12,14)/b6-4-,8-5+. The van der Waals surface area contributed by atoms with Crippen LogP contribution in [0.5, 0.6) is 0 Å². The highest BCUT2D eigenvalue weighted by molar-refractivity contribution is 5.73. The molecule has 2 aromatic rings. The summed E-state index contributed by atoms with van der Waals surface area (Å²) in [4.78, 5) is 0. The van der Waals surface area contributed by atoms with E-state index in [4.69, 9.17) is 5.73 Å². The van der Waals surface area contributed by atoms with E-state index in [0.717, 1.165) is 11.3 Å². The van der Waals surface area contributed by atoms with Crippen LogP contribution >= 0.6 is 0 Å². The maximum absolute atomic E-state index is 5.64. The molecule has 0 unspecified atom stereocenters. The summed E-state index contributed by atoms with van der Waals surface area (Å²) in [5.74, 6) is 0.460. The van der Waals surface area contributed by atoms with E-state index < -0.39 is 0 Å². The largest absolute Gasteiger partial charge is 0.378 e. The number of hydrogen-bond acceptors (Lipinski definition) is 6. The summed E-state index contributed by atoms with van der Waals surface area (Å²) >= 11 is 0. The predicted molar refractivity (Wildman–Crippen MR) is 66.6 cm³/mol. The van der Waals surface area contributed by atoms with E-state index in [0.29, 0.717) is 5.82 Å². The summed E-state index contributed by atoms with van der Waals surface area (Å²) in [6.45, 7) is 5.58. The minimum absolute atomic E-state index is 0.153. The van der Waals surface area contributed by atoms with E-state index in [2.05, 4.69) is 31.8 Å². The van der Waals surface area contributed by atoms with Crippen molar-refractivity contribution in [3.05, 3.63) is 42.8 Å². The van der Waals surface area contributed by atoms with Gasteiger partial charge in [-0.15, -0.1) is 5.10 Å². The first-order valence-electron chi connectivity index (χ1n) is 5.22. The highest BCUT2D eigenvalue weighted by Crippen LogP contribution is 2.20. The summed E-state index contributed by atoms with van der Waals surface area (Å²) in [5.41, 5.74) is 7.23. The second-order valence-corrected chi connectivity index (χ2v) is 3.36. The molecule has 0 aliphatic carbocycles. The minimum Gasteiger partial charge on any atom is -0.378 e. The van der Waals surface area contributed by atoms with Gasteiger partial charge in [-0.25, -0.2) is 4.63 Å². The van der Waals surface area contributed by atoms with Gasteiger partial charge in [-0.1, -0.05) is 36.1 Å². The summed E-state index contributed by atoms with van der Waals surface area (Å²) in [6.07, 6.45) is 8.91. The van der Waals surface area contributed by atoms with Crippen molar-refractivity contribution in [2.24, 2.45) is 0 Å². The van der Waals surface area contributed by atoms with Crippen molar-refractivity contribution in [2.75, 3.05) is 5.73 Å². The quantitative estimate of drug-likeness (QED) is 0.816. The van der Waals surface area contributed by atoms with Crippen molar-refractivity contribution < 1.29 is 4.63 Å². The average molecular weight is 244 g/mol. The lowest BCUT2D eigenvalue weighted by molar-refractivity contribution is 0.306. The molecule has 0 bridgehead atoms. The second kappa shape index (κ2) is 5.09. The molecule has 0 aromatic carbocycles. The Balaban J connectivity index is 2.54. The molecular formula is C11H12N6O. The van der Waals surface area contributed by atoms with Gasteiger partial charge in [0, 0.05) is 5.57 Å². The van der Waals surface area contributed by atoms with Crippen molar-refractivity contribution in [2.45, 2.75) is 6.92 Å². The van der Waals surface area contributed by atoms with Crippen LogP contribution in [0, 0.1) is 0 Å². The molecule has 2 aromatic heterocycles. The molecule has 0 amide bonds. The first-order valence-corrected chi connectivity index (χ1v) is 5.22. The molecule has 92 valence electrons. The van der Waals surface area contributed by atoms with Crippen LogP contribution in [0.4, 0.5) is 5.82 Å². The number of nitrogen functional groups attached to an aromatic ring is 1. The van der Waals surface area contributed by atoms with Crippen LogP contribution in [-0.4, -0.2) is 25.3 Å². The minimum atomic E-state index is 0.153. The first kappa shape index (κ1) is 11.8. The zero-order valence-electron chi connectivity index (χ0n) is 9.82. The molecule has 7 heteroatoms. The monoisotopic (exact) mass is 244 g/mol. The third-order valence-electron chi connectivity index (χ3n) is 2.18. The van der Waals surface area contributed by atoms with Crippen LogP contribution in [-0.2, 0) is 0 Å². The van der Waals surface area contributed by atoms with Gasteiger partial charge in [0.05, 0.1) is 11.9 Å². The lowest BCUT2D eigenvalue weighted by atomic mass is 10.1. The average Bonchev–Trinajstić information content (AvgIpc) is 2.96. The molecule has 18 heavy (non-hydrogen) atoms. The molecule has 0 aliphatic heterocycles. The van der Waals surface area contributed by atoms with Crippen LogP contribution in [0.3, 0.4) is 0 Å². The van der Waals surface area contributed by atoms with Crippen LogP contribution < -0.4 is 5.73 Å². The van der Waals surface area contributed by atoms with E-state index in [9.17, 15) is 0 Å². The second-order valence-electron chi connectivity index (χ2n) is 3.36. The Morgan fingerprint density at radius 1 is 1.50 bits per heavy atom. The van der Waals surface area contributed by atoms with Crippen LogP contribution in [0.15, 0.2) is 41.7 Å². The molecule has 0 aliphatic rings. The van der Waals surface area contributed by atoms with Gasteiger partial charge in [0.2, 0.25) is 11.6 Å². The number of hydrogen-bond donors (Lipinski definition) is 1. The van der Waals surface area contributed by atoms with E-state index in [1.165, 1.54) is 4.68 Å². The number of aromatic nitrogens is 5. The Morgan fingerprint density at radius 3 is 2.94 bits per heavy atom. The smallest absolute Gasteiger partial charge is 0.243 e. The molecule has 0 fully saturated rings. The number of nitrogens with zero attached hydrogens (tertiary/aromatic N) is 5. The molecular weight excluding hydrogens is 232 g/mol. The van der Waals surface area contributed by atoms with Gasteiger partial charge in [-0.3, -0.25) is 0 Å². The molecule has 2 N–H and O–H groups in total. The summed E-state index contributed by atoms with van der Waals surface area (Å²) in [6, 6.07) is 0. The zero-order chi connectivity index (χ0) is 13.0. The Hall–Kier alpha value is -2.70. The molecule has 2 rings (SSSR count). The summed E-state index contributed by atoms with van der Waals surface area (Å²) in [7, 11) is 0. The van der Waals surface area contributed by atoms with E-state index in [1.807, 2.05) is 25.2 Å². The van der Waals surface area contributed by atoms with Gasteiger partial charge in [-0.2, -0.15) is 4.68 Å². The first-order chi connectivity index (χ1) is 8.77. The maximum Gasteiger partial charge on any atom is 0.243 e. The van der Waals surface area contributed by atoms with Crippen molar-refractivity contribution in [3.63, 3.8) is 0 Å². The van der Waals surface area contributed by atoms with Crippen LogP contribution in [0.25, 0.3) is 11.4 Å². The Kier molecular flexibility index (Phi) is 3.33. The van der Waals surface area contributed by atoms with E-state index in [1.54, 1.807) is 12.3 Å². The number of allylic oxidation sites excluding steroid dienone is 5. The molecule has 0 spiro atoms. The predicted octanol–water partition coefficient (Wildman–Crippen LogP) is 1.38. The third-order valence-corrected chi connectivity index (χ3v) is 2.18. The molecule has 7 nitrogen and oxygen atoms in total. The lowest BCUT2D eigenvalue weighted by Crippen LogP contribution is -2.04. The highest BCUT2D eigenvalue weighted by Gasteiger charge is 2.15. The van der Waals surface area contributed by atoms with Gasteiger partial charge in [0.1, 0.15) is 0 Å². The molecule has 2 heterocycles. The molecule has 0 radical (unpaired) electrons. The summed E-state index contributed by atoms with van der Waals surface area (Å²) in [5, 5.41) is 15.0. The van der Waals surface area contributed by atoms with Crippen molar-refractivity contribution in [3.8, 4) is 5.82 Å². The maximum atomic E-state index is 5.64. The lowest BCUT2D eigenvalue weighted by Gasteiger charge is -2.02. The number of nitrogens with two attached hydrogens (primary N) is 1. The third kappa shape index (κ3) is 2.05. The van der Waals surface area contributed by atoms with E-state index in [-0.39, 0.29) is 5.82 Å². The van der Waals surface area contributed by atoms with Gasteiger partial charge in [0.15, 0.2) is 0 Å². The van der Waals surface area contributed by atoms with Crippen molar-refractivity contribution in [1.29, 1.82) is 0 Å². The normalized spacial score (nSPS) is 12.2. The fourth-order valence-electron chi connectivity index (χ4n) is 1.46. The van der Waals surface area contributed by atoms with E-state index >= 15 is 0 Å². The Labute approximate surface area is 103 Å². The molecule has 0 saturated carbocycles.